The fraction of sp³-hybridized carbons (Fsp3) is 0.550. The van der Waals surface area contributed by atoms with Gasteiger partial charge in [-0.15, -0.1) is 10.2 Å². The van der Waals surface area contributed by atoms with Crippen LogP contribution in [-0.2, 0) is 25.9 Å². The van der Waals surface area contributed by atoms with Crippen LogP contribution in [0.5, 0.6) is 0 Å². The van der Waals surface area contributed by atoms with E-state index in [1.807, 2.05) is 6.92 Å². The number of hydrogen-bond acceptors (Lipinski definition) is 3. The number of guanidine groups is 1. The summed E-state index contributed by atoms with van der Waals surface area (Å²) in [6.07, 6.45) is 6.65. The largest absolute Gasteiger partial charge is 0.357 e. The molecule has 2 heterocycles. The molecule has 0 bridgehead atoms. The molecule has 2 aromatic rings. The van der Waals surface area contributed by atoms with Crippen molar-refractivity contribution in [3.8, 4) is 0 Å². The number of rotatable bonds is 7. The minimum atomic E-state index is -0.223. The minimum absolute atomic E-state index is 0.223. The number of hydrogen-bond donors (Lipinski definition) is 2. The third kappa shape index (κ3) is 5.77. The van der Waals surface area contributed by atoms with Crippen molar-refractivity contribution in [3.05, 3.63) is 47.3 Å². The third-order valence-electron chi connectivity index (χ3n) is 4.73. The molecule has 0 saturated heterocycles. The number of nitrogens with zero attached hydrogens (tertiary/aromatic N) is 4. The van der Waals surface area contributed by atoms with E-state index in [4.69, 9.17) is 0 Å². The Hall–Kier alpha value is -2.44. The van der Waals surface area contributed by atoms with Crippen molar-refractivity contribution in [3.63, 3.8) is 0 Å². The molecular weight excluding hydrogens is 343 g/mol. The van der Waals surface area contributed by atoms with E-state index in [9.17, 15) is 4.39 Å². The Morgan fingerprint density at radius 1 is 1.15 bits per heavy atom. The predicted octanol–water partition coefficient (Wildman–Crippen LogP) is 2.83. The smallest absolute Gasteiger partial charge is 0.191 e. The average Bonchev–Trinajstić information content (AvgIpc) is 2.90. The van der Waals surface area contributed by atoms with Crippen molar-refractivity contribution >= 4 is 5.96 Å². The number of halogens is 1. The first-order valence-corrected chi connectivity index (χ1v) is 9.94. The van der Waals surface area contributed by atoms with Gasteiger partial charge in [-0.2, -0.15) is 0 Å². The monoisotopic (exact) mass is 372 g/mol. The van der Waals surface area contributed by atoms with Crippen LogP contribution in [0.1, 0.15) is 49.8 Å². The van der Waals surface area contributed by atoms with E-state index >= 15 is 0 Å². The van der Waals surface area contributed by atoms with Crippen molar-refractivity contribution in [1.29, 1.82) is 0 Å². The third-order valence-corrected chi connectivity index (χ3v) is 4.73. The summed E-state index contributed by atoms with van der Waals surface area (Å²) in [5.74, 6) is 2.80. The van der Waals surface area contributed by atoms with Crippen LogP contribution >= 0.6 is 0 Å². The summed E-state index contributed by atoms with van der Waals surface area (Å²) >= 11 is 0. The summed E-state index contributed by atoms with van der Waals surface area (Å²) in [5, 5.41) is 15.4. The van der Waals surface area contributed by atoms with E-state index in [-0.39, 0.29) is 5.82 Å². The molecule has 1 aliphatic rings. The maximum absolute atomic E-state index is 13.0. The second-order valence-electron chi connectivity index (χ2n) is 6.85. The molecule has 0 atom stereocenters. The van der Waals surface area contributed by atoms with Gasteiger partial charge in [0.2, 0.25) is 0 Å². The van der Waals surface area contributed by atoms with Crippen molar-refractivity contribution in [2.45, 2.75) is 58.5 Å². The zero-order chi connectivity index (χ0) is 18.9. The summed E-state index contributed by atoms with van der Waals surface area (Å²) in [5.41, 5.74) is 0.986. The molecule has 0 spiro atoms. The maximum Gasteiger partial charge on any atom is 0.191 e. The highest BCUT2D eigenvalue weighted by atomic mass is 19.1. The van der Waals surface area contributed by atoms with E-state index in [1.54, 1.807) is 12.1 Å². The first-order chi connectivity index (χ1) is 13.3. The summed E-state index contributed by atoms with van der Waals surface area (Å²) in [6.45, 7) is 5.23. The van der Waals surface area contributed by atoms with Gasteiger partial charge in [-0.05, 0) is 43.9 Å². The maximum atomic E-state index is 13.0. The van der Waals surface area contributed by atoms with Gasteiger partial charge in [-0.25, -0.2) is 9.38 Å². The molecule has 6 nitrogen and oxygen atoms in total. The number of fused-ring (bicyclic) bond motifs is 1. The topological polar surface area (TPSA) is 67.1 Å². The average molecular weight is 372 g/mol. The van der Waals surface area contributed by atoms with Crippen LogP contribution in [0.25, 0.3) is 0 Å². The van der Waals surface area contributed by atoms with Crippen molar-refractivity contribution in [2.75, 3.05) is 13.1 Å². The van der Waals surface area contributed by atoms with Crippen LogP contribution in [0.3, 0.4) is 0 Å². The lowest BCUT2D eigenvalue weighted by Crippen LogP contribution is -2.37. The molecule has 0 fully saturated rings. The Balaban J connectivity index is 1.47. The molecule has 7 heteroatoms. The Morgan fingerprint density at radius 3 is 2.81 bits per heavy atom. The Bertz CT molecular complexity index is 737. The van der Waals surface area contributed by atoms with Crippen LogP contribution in [0, 0.1) is 5.82 Å². The van der Waals surface area contributed by atoms with E-state index in [0.29, 0.717) is 6.54 Å². The minimum Gasteiger partial charge on any atom is -0.357 e. The fourth-order valence-corrected chi connectivity index (χ4v) is 3.29. The second-order valence-corrected chi connectivity index (χ2v) is 6.85. The number of aromatic nitrogens is 3. The molecule has 27 heavy (non-hydrogen) atoms. The quantitative estimate of drug-likeness (QED) is 0.446. The van der Waals surface area contributed by atoms with Crippen LogP contribution in [-0.4, -0.2) is 33.8 Å². The summed E-state index contributed by atoms with van der Waals surface area (Å²) in [6, 6.07) is 6.46. The molecular formula is C20H29FN6. The van der Waals surface area contributed by atoms with E-state index in [1.165, 1.54) is 31.4 Å². The van der Waals surface area contributed by atoms with Gasteiger partial charge >= 0.3 is 0 Å². The van der Waals surface area contributed by atoms with Gasteiger partial charge < -0.3 is 15.2 Å². The molecule has 3 rings (SSSR count). The van der Waals surface area contributed by atoms with Crippen molar-refractivity contribution in [2.24, 2.45) is 4.99 Å². The molecule has 2 N–H and O–H groups in total. The van der Waals surface area contributed by atoms with Crippen LogP contribution in [0.2, 0.25) is 0 Å². The molecule has 1 aromatic heterocycles. The van der Waals surface area contributed by atoms with Gasteiger partial charge in [0.15, 0.2) is 5.96 Å². The Kier molecular flexibility index (Phi) is 7.19. The fourth-order valence-electron chi connectivity index (χ4n) is 3.29. The zero-order valence-corrected chi connectivity index (χ0v) is 16.0. The highest BCUT2D eigenvalue weighted by Crippen LogP contribution is 2.15. The lowest BCUT2D eigenvalue weighted by atomic mass is 10.2. The standard InChI is InChI=1S/C20H29FN6/c1-2-22-20(24-15-16-9-11-17(21)12-10-16)23-13-6-8-19-26-25-18-7-4-3-5-14-27(18)19/h9-12H,2-8,13-15H2,1H3,(H2,22,23,24). The SMILES string of the molecule is CCNC(=NCc1ccc(F)cc1)NCCCc1nnc2n1CCCCC2. The van der Waals surface area contributed by atoms with Gasteiger partial charge in [0.25, 0.3) is 0 Å². The summed E-state index contributed by atoms with van der Waals surface area (Å²) < 4.78 is 15.3. The lowest BCUT2D eigenvalue weighted by molar-refractivity contribution is 0.594. The Labute approximate surface area is 160 Å². The molecule has 0 unspecified atom stereocenters. The van der Waals surface area contributed by atoms with Crippen LogP contribution < -0.4 is 10.6 Å². The van der Waals surface area contributed by atoms with Crippen LogP contribution in [0.4, 0.5) is 4.39 Å². The molecule has 146 valence electrons. The molecule has 0 amide bonds. The number of nitrogens with one attached hydrogen (secondary N) is 2. The Morgan fingerprint density at radius 2 is 2.00 bits per heavy atom. The first kappa shape index (κ1) is 19.3. The molecule has 0 radical (unpaired) electrons. The van der Waals surface area contributed by atoms with Gasteiger partial charge in [0.1, 0.15) is 17.5 Å². The van der Waals surface area contributed by atoms with Crippen molar-refractivity contribution in [1.82, 2.24) is 25.4 Å². The van der Waals surface area contributed by atoms with E-state index in [0.717, 1.165) is 62.1 Å². The molecule has 0 aliphatic carbocycles. The number of aliphatic imine (C=N–C) groups is 1. The van der Waals surface area contributed by atoms with E-state index < -0.39 is 0 Å². The molecule has 1 aliphatic heterocycles. The molecule has 0 saturated carbocycles. The highest BCUT2D eigenvalue weighted by molar-refractivity contribution is 5.79. The predicted molar refractivity (Wildman–Crippen MR) is 105 cm³/mol. The van der Waals surface area contributed by atoms with Gasteiger partial charge in [-0.1, -0.05) is 18.6 Å². The summed E-state index contributed by atoms with van der Waals surface area (Å²) in [4.78, 5) is 4.57. The number of benzene rings is 1. The zero-order valence-electron chi connectivity index (χ0n) is 16.0. The first-order valence-electron chi connectivity index (χ1n) is 9.94. The highest BCUT2D eigenvalue weighted by Gasteiger charge is 2.14. The van der Waals surface area contributed by atoms with Crippen LogP contribution in [0.15, 0.2) is 29.3 Å². The normalized spacial score (nSPS) is 14.5. The number of aryl methyl sites for hydroxylation is 2. The lowest BCUT2D eigenvalue weighted by Gasteiger charge is -2.11. The van der Waals surface area contributed by atoms with Gasteiger partial charge in [0.05, 0.1) is 6.54 Å². The second kappa shape index (κ2) is 10.0. The summed E-state index contributed by atoms with van der Waals surface area (Å²) in [7, 11) is 0. The van der Waals surface area contributed by atoms with Crippen molar-refractivity contribution < 1.29 is 4.39 Å². The van der Waals surface area contributed by atoms with Gasteiger partial charge in [-0.3, -0.25) is 0 Å². The van der Waals surface area contributed by atoms with E-state index in [2.05, 4.69) is 30.4 Å². The molecule has 1 aromatic carbocycles. The van der Waals surface area contributed by atoms with Gasteiger partial charge in [0, 0.05) is 32.5 Å².